The molecule has 0 aliphatic heterocycles. The molecule has 5 heteroatoms. The molecule has 2 N–H and O–H groups in total. The van der Waals surface area contributed by atoms with Crippen molar-refractivity contribution < 1.29 is 4.74 Å². The summed E-state index contributed by atoms with van der Waals surface area (Å²) in [7, 11) is 1.67. The van der Waals surface area contributed by atoms with E-state index in [4.69, 9.17) is 4.74 Å². The molecule has 108 valence electrons. The van der Waals surface area contributed by atoms with Crippen LogP contribution in [0.15, 0.2) is 24.3 Å². The van der Waals surface area contributed by atoms with Crippen LogP contribution in [0.3, 0.4) is 0 Å². The topological polar surface area (TPSA) is 62.8 Å². The molecule has 1 aromatic heterocycles. The Bertz CT molecular complexity index is 540. The molecule has 20 heavy (non-hydrogen) atoms. The molecule has 2 aromatic rings. The molecule has 0 radical (unpaired) electrons. The summed E-state index contributed by atoms with van der Waals surface area (Å²) in [6.07, 6.45) is 0.815. The third kappa shape index (κ3) is 3.73. The molecule has 0 aliphatic rings. The summed E-state index contributed by atoms with van der Waals surface area (Å²) < 4.78 is 5.13. The number of nitrogens with one attached hydrogen (secondary N) is 2. The van der Waals surface area contributed by atoms with Gasteiger partial charge in [0.05, 0.1) is 7.11 Å². The fraction of sp³-hybridized carbons (Fsp3) is 0.467. The van der Waals surface area contributed by atoms with E-state index in [1.807, 2.05) is 24.3 Å². The van der Waals surface area contributed by atoms with E-state index in [1.54, 1.807) is 7.11 Å². The van der Waals surface area contributed by atoms with Gasteiger partial charge in [-0.25, -0.2) is 4.98 Å². The molecule has 0 atom stereocenters. The maximum atomic E-state index is 5.13. The number of anilines is 1. The van der Waals surface area contributed by atoms with Crippen molar-refractivity contribution in [3.05, 3.63) is 35.9 Å². The van der Waals surface area contributed by atoms with Gasteiger partial charge in [-0.2, -0.15) is 5.10 Å². The van der Waals surface area contributed by atoms with Gasteiger partial charge in [-0.05, 0) is 24.3 Å². The van der Waals surface area contributed by atoms with Crippen LogP contribution in [0.4, 0.5) is 5.69 Å². The highest BCUT2D eigenvalue weighted by Gasteiger charge is 2.18. The Hall–Kier alpha value is -2.04. The lowest BCUT2D eigenvalue weighted by Crippen LogP contribution is -2.13. The number of ether oxygens (including phenoxy) is 1. The summed E-state index contributed by atoms with van der Waals surface area (Å²) in [4.78, 5) is 4.51. The van der Waals surface area contributed by atoms with Crippen LogP contribution in [0.25, 0.3) is 0 Å². The SMILES string of the molecule is COc1ccc(NCCc2nc(C(C)(C)C)n[nH]2)cc1. The van der Waals surface area contributed by atoms with Crippen LogP contribution in [-0.2, 0) is 11.8 Å². The summed E-state index contributed by atoms with van der Waals surface area (Å²) in [6.45, 7) is 7.13. The van der Waals surface area contributed by atoms with E-state index in [-0.39, 0.29) is 5.41 Å². The van der Waals surface area contributed by atoms with Crippen molar-refractivity contribution in [2.75, 3.05) is 19.0 Å². The third-order valence-electron chi connectivity index (χ3n) is 2.98. The van der Waals surface area contributed by atoms with Gasteiger partial charge >= 0.3 is 0 Å². The van der Waals surface area contributed by atoms with Crippen molar-refractivity contribution >= 4 is 5.69 Å². The predicted octanol–water partition coefficient (Wildman–Crippen LogP) is 2.77. The fourth-order valence-electron chi connectivity index (χ4n) is 1.78. The molecular weight excluding hydrogens is 252 g/mol. The first-order valence-electron chi connectivity index (χ1n) is 6.79. The summed E-state index contributed by atoms with van der Waals surface area (Å²) in [5.74, 6) is 2.63. The number of nitrogens with zero attached hydrogens (tertiary/aromatic N) is 2. The normalized spacial score (nSPS) is 11.4. The standard InChI is InChI=1S/C15H22N4O/c1-15(2,3)14-17-13(18-19-14)9-10-16-11-5-7-12(20-4)8-6-11/h5-8,16H,9-10H2,1-4H3,(H,17,18,19). The number of methoxy groups -OCH3 is 1. The lowest BCUT2D eigenvalue weighted by Gasteiger charge is -2.11. The van der Waals surface area contributed by atoms with Gasteiger partial charge in [0.1, 0.15) is 11.6 Å². The van der Waals surface area contributed by atoms with Gasteiger partial charge < -0.3 is 10.1 Å². The second kappa shape index (κ2) is 5.94. The number of hydrogen-bond acceptors (Lipinski definition) is 4. The van der Waals surface area contributed by atoms with Crippen LogP contribution in [0.5, 0.6) is 5.75 Å². The monoisotopic (exact) mass is 274 g/mol. The summed E-state index contributed by atoms with van der Waals surface area (Å²) in [5, 5.41) is 10.6. The highest BCUT2D eigenvalue weighted by Crippen LogP contribution is 2.17. The summed E-state index contributed by atoms with van der Waals surface area (Å²) in [5.41, 5.74) is 1.05. The molecule has 0 saturated carbocycles. The first kappa shape index (κ1) is 14.4. The van der Waals surface area contributed by atoms with E-state index >= 15 is 0 Å². The van der Waals surface area contributed by atoms with Crippen LogP contribution in [0, 0.1) is 0 Å². The molecule has 0 amide bonds. The predicted molar refractivity (Wildman–Crippen MR) is 80.3 cm³/mol. The number of H-pyrrole nitrogens is 1. The van der Waals surface area contributed by atoms with Gasteiger partial charge in [0.25, 0.3) is 0 Å². The lowest BCUT2D eigenvalue weighted by molar-refractivity contribution is 0.415. The van der Waals surface area contributed by atoms with Gasteiger partial charge in [-0.1, -0.05) is 20.8 Å². The van der Waals surface area contributed by atoms with Crippen LogP contribution >= 0.6 is 0 Å². The number of benzene rings is 1. The Morgan fingerprint density at radius 2 is 1.90 bits per heavy atom. The minimum Gasteiger partial charge on any atom is -0.497 e. The highest BCUT2D eigenvalue weighted by molar-refractivity contribution is 5.46. The minimum absolute atomic E-state index is 0.0157. The third-order valence-corrected chi connectivity index (χ3v) is 2.98. The molecule has 2 rings (SSSR count). The van der Waals surface area contributed by atoms with Crippen molar-refractivity contribution in [1.29, 1.82) is 0 Å². The van der Waals surface area contributed by atoms with Crippen molar-refractivity contribution in [2.24, 2.45) is 0 Å². The van der Waals surface area contributed by atoms with Gasteiger partial charge in [0, 0.05) is 24.1 Å². The highest BCUT2D eigenvalue weighted by atomic mass is 16.5. The Morgan fingerprint density at radius 3 is 2.45 bits per heavy atom. The second-order valence-corrected chi connectivity index (χ2v) is 5.76. The average Bonchev–Trinajstić information content (AvgIpc) is 2.88. The van der Waals surface area contributed by atoms with E-state index in [0.29, 0.717) is 0 Å². The van der Waals surface area contributed by atoms with Crippen molar-refractivity contribution in [3.63, 3.8) is 0 Å². The zero-order valence-corrected chi connectivity index (χ0v) is 12.5. The summed E-state index contributed by atoms with van der Waals surface area (Å²) in [6, 6.07) is 7.88. The first-order chi connectivity index (χ1) is 9.49. The maximum absolute atomic E-state index is 5.13. The Balaban J connectivity index is 1.84. The number of aromatic nitrogens is 3. The second-order valence-electron chi connectivity index (χ2n) is 5.76. The van der Waals surface area contributed by atoms with Crippen LogP contribution < -0.4 is 10.1 Å². The maximum Gasteiger partial charge on any atom is 0.155 e. The Labute approximate surface area is 119 Å². The lowest BCUT2D eigenvalue weighted by atomic mass is 9.96. The van der Waals surface area contributed by atoms with Gasteiger partial charge in [0.15, 0.2) is 5.82 Å². The van der Waals surface area contributed by atoms with Gasteiger partial charge in [-0.3, -0.25) is 5.10 Å². The molecule has 0 bridgehead atoms. The molecule has 0 aliphatic carbocycles. The average molecular weight is 274 g/mol. The quantitative estimate of drug-likeness (QED) is 0.880. The van der Waals surface area contributed by atoms with E-state index in [2.05, 4.69) is 41.3 Å². The van der Waals surface area contributed by atoms with Crippen LogP contribution in [0.2, 0.25) is 0 Å². The van der Waals surface area contributed by atoms with Crippen molar-refractivity contribution in [3.8, 4) is 5.75 Å². The van der Waals surface area contributed by atoms with Crippen molar-refractivity contribution in [1.82, 2.24) is 15.2 Å². The van der Waals surface area contributed by atoms with Crippen LogP contribution in [0.1, 0.15) is 32.4 Å². The number of rotatable bonds is 5. The van der Waals surface area contributed by atoms with E-state index in [0.717, 1.165) is 36.1 Å². The first-order valence-corrected chi connectivity index (χ1v) is 6.79. The number of aromatic amines is 1. The zero-order chi connectivity index (χ0) is 14.6. The molecule has 0 spiro atoms. The smallest absolute Gasteiger partial charge is 0.155 e. The molecule has 1 aromatic carbocycles. The molecule has 1 heterocycles. The largest absolute Gasteiger partial charge is 0.497 e. The van der Waals surface area contributed by atoms with Crippen molar-refractivity contribution in [2.45, 2.75) is 32.6 Å². The Kier molecular flexibility index (Phi) is 4.27. The summed E-state index contributed by atoms with van der Waals surface area (Å²) >= 11 is 0. The minimum atomic E-state index is -0.0157. The molecule has 0 fully saturated rings. The number of hydrogen-bond donors (Lipinski definition) is 2. The Morgan fingerprint density at radius 1 is 1.20 bits per heavy atom. The zero-order valence-electron chi connectivity index (χ0n) is 12.5. The van der Waals surface area contributed by atoms with Crippen LogP contribution in [-0.4, -0.2) is 28.8 Å². The van der Waals surface area contributed by atoms with E-state index in [9.17, 15) is 0 Å². The molecule has 5 nitrogen and oxygen atoms in total. The molecule has 0 saturated heterocycles. The van der Waals surface area contributed by atoms with E-state index in [1.165, 1.54) is 0 Å². The fourth-order valence-corrected chi connectivity index (χ4v) is 1.78. The van der Waals surface area contributed by atoms with Gasteiger partial charge in [-0.15, -0.1) is 0 Å². The molecular formula is C15H22N4O. The molecule has 0 unspecified atom stereocenters. The van der Waals surface area contributed by atoms with Gasteiger partial charge in [0.2, 0.25) is 0 Å². The van der Waals surface area contributed by atoms with E-state index < -0.39 is 0 Å².